The van der Waals surface area contributed by atoms with E-state index >= 15 is 0 Å². The quantitative estimate of drug-likeness (QED) is 0.791. The molecular formula is C12H13N3O4. The van der Waals surface area contributed by atoms with E-state index in [0.29, 0.717) is 18.0 Å². The number of nitrogens with zero attached hydrogens (tertiary/aromatic N) is 1. The summed E-state index contributed by atoms with van der Waals surface area (Å²) in [5.74, 6) is 0.991. The zero-order valence-corrected chi connectivity index (χ0v) is 10.1. The fourth-order valence-electron chi connectivity index (χ4n) is 2.12. The number of carbonyl (C=O) groups is 2. The van der Waals surface area contributed by atoms with Crippen molar-refractivity contribution in [3.05, 3.63) is 23.8 Å². The predicted molar refractivity (Wildman–Crippen MR) is 64.2 cm³/mol. The lowest BCUT2D eigenvalue weighted by molar-refractivity contribution is -0.122. The van der Waals surface area contributed by atoms with Gasteiger partial charge in [0.25, 0.3) is 0 Å². The van der Waals surface area contributed by atoms with Crippen LogP contribution < -0.4 is 20.5 Å². The summed E-state index contributed by atoms with van der Waals surface area (Å²) in [6.07, 6.45) is -0.498. The molecule has 0 spiro atoms. The monoisotopic (exact) mass is 263 g/mol. The minimum absolute atomic E-state index is 0.107. The van der Waals surface area contributed by atoms with Crippen LogP contribution >= 0.6 is 0 Å². The van der Waals surface area contributed by atoms with Crippen molar-refractivity contribution in [1.29, 1.82) is 0 Å². The van der Waals surface area contributed by atoms with Gasteiger partial charge in [-0.15, -0.1) is 0 Å². The average Bonchev–Trinajstić information content (AvgIpc) is 2.81. The number of imide groups is 1. The van der Waals surface area contributed by atoms with Crippen LogP contribution in [0, 0.1) is 0 Å². The molecule has 2 aliphatic heterocycles. The SMILES string of the molecule is NC1CC(=O)NC(=O)N1Cc1ccc2c(c1)OCO2. The highest BCUT2D eigenvalue weighted by molar-refractivity contribution is 5.97. The van der Waals surface area contributed by atoms with Gasteiger partial charge in [-0.3, -0.25) is 10.1 Å². The Balaban J connectivity index is 1.77. The van der Waals surface area contributed by atoms with Crippen molar-refractivity contribution < 1.29 is 19.1 Å². The zero-order valence-electron chi connectivity index (χ0n) is 10.1. The third-order valence-corrected chi connectivity index (χ3v) is 3.09. The van der Waals surface area contributed by atoms with Gasteiger partial charge in [-0.25, -0.2) is 4.79 Å². The molecule has 1 fully saturated rings. The fraction of sp³-hybridized carbons (Fsp3) is 0.333. The summed E-state index contributed by atoms with van der Waals surface area (Å²) < 4.78 is 10.5. The van der Waals surface area contributed by atoms with E-state index in [9.17, 15) is 9.59 Å². The second-order valence-electron chi connectivity index (χ2n) is 4.44. The average molecular weight is 263 g/mol. The van der Waals surface area contributed by atoms with Gasteiger partial charge in [0.2, 0.25) is 12.7 Å². The van der Waals surface area contributed by atoms with Gasteiger partial charge in [0.1, 0.15) is 0 Å². The first-order valence-electron chi connectivity index (χ1n) is 5.88. The Morgan fingerprint density at radius 2 is 2.11 bits per heavy atom. The molecule has 0 aliphatic carbocycles. The van der Waals surface area contributed by atoms with Crippen LogP contribution in [0.1, 0.15) is 12.0 Å². The topological polar surface area (TPSA) is 93.9 Å². The van der Waals surface area contributed by atoms with Gasteiger partial charge in [-0.1, -0.05) is 6.07 Å². The van der Waals surface area contributed by atoms with Gasteiger partial charge in [0.15, 0.2) is 11.5 Å². The maximum atomic E-state index is 11.7. The summed E-state index contributed by atoms with van der Waals surface area (Å²) >= 11 is 0. The molecule has 1 aromatic rings. The second-order valence-corrected chi connectivity index (χ2v) is 4.44. The largest absolute Gasteiger partial charge is 0.454 e. The number of nitrogens with two attached hydrogens (primary N) is 1. The Morgan fingerprint density at radius 3 is 2.89 bits per heavy atom. The molecule has 1 unspecified atom stereocenters. The molecule has 1 atom stereocenters. The molecule has 7 nitrogen and oxygen atoms in total. The number of nitrogens with one attached hydrogen (secondary N) is 1. The van der Waals surface area contributed by atoms with E-state index in [1.165, 1.54) is 4.90 Å². The Bertz CT molecular complexity index is 546. The van der Waals surface area contributed by atoms with Gasteiger partial charge in [-0.05, 0) is 17.7 Å². The Kier molecular flexibility index (Phi) is 2.75. The Morgan fingerprint density at radius 1 is 1.32 bits per heavy atom. The molecule has 3 N–H and O–H groups in total. The molecule has 19 heavy (non-hydrogen) atoms. The number of fused-ring (bicyclic) bond motifs is 1. The van der Waals surface area contributed by atoms with Crippen molar-refractivity contribution in [3.8, 4) is 11.5 Å². The molecule has 100 valence electrons. The molecule has 2 heterocycles. The lowest BCUT2D eigenvalue weighted by atomic mass is 10.1. The van der Waals surface area contributed by atoms with Crippen LogP contribution in [-0.4, -0.2) is 29.8 Å². The summed E-state index contributed by atoms with van der Waals surface area (Å²) in [5, 5.41) is 2.24. The lowest BCUT2D eigenvalue weighted by Crippen LogP contribution is -2.57. The van der Waals surface area contributed by atoms with Gasteiger partial charge >= 0.3 is 6.03 Å². The van der Waals surface area contributed by atoms with Crippen molar-refractivity contribution in [1.82, 2.24) is 10.2 Å². The standard InChI is InChI=1S/C12H13N3O4/c13-10-4-11(16)14-12(17)15(10)5-7-1-2-8-9(3-7)19-6-18-8/h1-3,10H,4-6,13H2,(H,14,16,17). The number of rotatable bonds is 2. The number of carbonyl (C=O) groups excluding carboxylic acids is 2. The maximum absolute atomic E-state index is 11.7. The normalized spacial score (nSPS) is 21.5. The first kappa shape index (κ1) is 11.8. The highest BCUT2D eigenvalue weighted by Crippen LogP contribution is 2.33. The molecule has 0 saturated carbocycles. The molecule has 3 rings (SSSR count). The van der Waals surface area contributed by atoms with E-state index in [1.54, 1.807) is 12.1 Å². The van der Waals surface area contributed by atoms with E-state index in [0.717, 1.165) is 5.56 Å². The van der Waals surface area contributed by atoms with Crippen LogP contribution in [0.4, 0.5) is 4.79 Å². The van der Waals surface area contributed by atoms with Crippen molar-refractivity contribution >= 4 is 11.9 Å². The Hall–Kier alpha value is -2.28. The molecule has 7 heteroatoms. The maximum Gasteiger partial charge on any atom is 0.325 e. The number of hydrogen-bond donors (Lipinski definition) is 2. The van der Waals surface area contributed by atoms with Crippen LogP contribution in [-0.2, 0) is 11.3 Å². The van der Waals surface area contributed by atoms with Crippen LogP contribution in [0.25, 0.3) is 0 Å². The highest BCUT2D eigenvalue weighted by Gasteiger charge is 2.30. The van der Waals surface area contributed by atoms with E-state index < -0.39 is 12.2 Å². The second kappa shape index (κ2) is 4.43. The molecule has 0 aromatic heterocycles. The summed E-state index contributed by atoms with van der Waals surface area (Å²) in [6.45, 7) is 0.522. The molecular weight excluding hydrogens is 250 g/mol. The third kappa shape index (κ3) is 2.19. The zero-order chi connectivity index (χ0) is 13.4. The molecule has 2 aliphatic rings. The fourth-order valence-corrected chi connectivity index (χ4v) is 2.12. The minimum Gasteiger partial charge on any atom is -0.454 e. The van der Waals surface area contributed by atoms with E-state index in [1.807, 2.05) is 6.07 Å². The predicted octanol–water partition coefficient (Wildman–Crippen LogP) is 0.142. The van der Waals surface area contributed by atoms with Gasteiger partial charge in [0, 0.05) is 6.54 Å². The summed E-state index contributed by atoms with van der Waals surface area (Å²) in [7, 11) is 0. The van der Waals surface area contributed by atoms with Crippen molar-refractivity contribution in [2.24, 2.45) is 5.73 Å². The smallest absolute Gasteiger partial charge is 0.325 e. The van der Waals surface area contributed by atoms with Gasteiger partial charge < -0.3 is 20.1 Å². The molecule has 1 saturated heterocycles. The van der Waals surface area contributed by atoms with Crippen LogP contribution in [0.5, 0.6) is 11.5 Å². The first-order valence-corrected chi connectivity index (χ1v) is 5.88. The van der Waals surface area contributed by atoms with Crippen LogP contribution in [0.3, 0.4) is 0 Å². The number of ether oxygens (including phenoxy) is 2. The van der Waals surface area contributed by atoms with E-state index in [4.69, 9.17) is 15.2 Å². The molecule has 3 amide bonds. The first-order chi connectivity index (χ1) is 9.13. The Labute approximate surface area is 109 Å². The van der Waals surface area contributed by atoms with Crippen LogP contribution in [0.15, 0.2) is 18.2 Å². The molecule has 0 radical (unpaired) electrons. The van der Waals surface area contributed by atoms with Crippen LogP contribution in [0.2, 0.25) is 0 Å². The summed E-state index contributed by atoms with van der Waals surface area (Å²) in [6, 6.07) is 4.96. The summed E-state index contributed by atoms with van der Waals surface area (Å²) in [5.41, 5.74) is 6.67. The number of urea groups is 1. The summed E-state index contributed by atoms with van der Waals surface area (Å²) in [4.78, 5) is 24.3. The van der Waals surface area contributed by atoms with Crippen molar-refractivity contribution in [2.75, 3.05) is 6.79 Å². The minimum atomic E-state index is -0.605. The van der Waals surface area contributed by atoms with Crippen molar-refractivity contribution in [3.63, 3.8) is 0 Å². The number of benzene rings is 1. The molecule has 1 aromatic carbocycles. The van der Waals surface area contributed by atoms with Gasteiger partial charge in [0.05, 0.1) is 12.6 Å². The van der Waals surface area contributed by atoms with Crippen molar-refractivity contribution in [2.45, 2.75) is 19.1 Å². The van der Waals surface area contributed by atoms with E-state index in [2.05, 4.69) is 5.32 Å². The lowest BCUT2D eigenvalue weighted by Gasteiger charge is -2.32. The number of hydrogen-bond acceptors (Lipinski definition) is 5. The number of amides is 3. The third-order valence-electron chi connectivity index (χ3n) is 3.09. The highest BCUT2D eigenvalue weighted by atomic mass is 16.7. The molecule has 0 bridgehead atoms. The van der Waals surface area contributed by atoms with E-state index in [-0.39, 0.29) is 19.1 Å². The van der Waals surface area contributed by atoms with Gasteiger partial charge in [-0.2, -0.15) is 0 Å².